The van der Waals surface area contributed by atoms with Crippen LogP contribution in [0.5, 0.6) is 0 Å². The Labute approximate surface area is 182 Å². The number of hydrogen-bond acceptors (Lipinski definition) is 8. The summed E-state index contributed by atoms with van der Waals surface area (Å²) in [4.78, 5) is 7.29. The van der Waals surface area contributed by atoms with Gasteiger partial charge in [0.2, 0.25) is 0 Å². The molecule has 0 amide bonds. The molecular formula is C22H27N5O3S. The third-order valence-corrected chi connectivity index (χ3v) is 7.25. The first-order valence-electron chi connectivity index (χ1n) is 10.6. The van der Waals surface area contributed by atoms with E-state index in [4.69, 9.17) is 4.52 Å². The van der Waals surface area contributed by atoms with E-state index in [-0.39, 0.29) is 0 Å². The topological polar surface area (TPSA) is 81.9 Å². The highest BCUT2D eigenvalue weighted by atomic mass is 32.2. The zero-order valence-electron chi connectivity index (χ0n) is 17.6. The van der Waals surface area contributed by atoms with Gasteiger partial charge in [-0.1, -0.05) is 5.16 Å². The van der Waals surface area contributed by atoms with E-state index in [1.165, 1.54) is 11.9 Å². The monoisotopic (exact) mass is 441 g/mol. The number of anilines is 3. The summed E-state index contributed by atoms with van der Waals surface area (Å²) in [5, 5.41) is 8.83. The lowest BCUT2D eigenvalue weighted by atomic mass is 10.2. The van der Waals surface area contributed by atoms with Crippen LogP contribution in [-0.4, -0.2) is 72.2 Å². The van der Waals surface area contributed by atoms with Gasteiger partial charge < -0.3 is 24.5 Å². The fourth-order valence-electron chi connectivity index (χ4n) is 4.34. The minimum atomic E-state index is -3.17. The van der Waals surface area contributed by atoms with Crippen LogP contribution in [0, 0.1) is 0 Å². The van der Waals surface area contributed by atoms with E-state index in [1.54, 1.807) is 12.1 Å². The van der Waals surface area contributed by atoms with E-state index in [1.807, 2.05) is 18.2 Å². The second-order valence-corrected chi connectivity index (χ2v) is 10.2. The Morgan fingerprint density at radius 3 is 2.13 bits per heavy atom. The summed E-state index contributed by atoms with van der Waals surface area (Å²) in [5.74, 6) is 0.902. The molecule has 2 aliphatic heterocycles. The normalized spacial score (nSPS) is 18.0. The van der Waals surface area contributed by atoms with Crippen LogP contribution in [-0.2, 0) is 9.84 Å². The molecule has 2 saturated heterocycles. The number of nitrogens with one attached hydrogen (secondary N) is 1. The van der Waals surface area contributed by atoms with Crippen molar-refractivity contribution < 1.29 is 12.9 Å². The van der Waals surface area contributed by atoms with Gasteiger partial charge in [0.05, 0.1) is 10.3 Å². The van der Waals surface area contributed by atoms with Gasteiger partial charge in [0, 0.05) is 70.0 Å². The number of rotatable bonds is 4. The molecule has 2 aliphatic rings. The first kappa shape index (κ1) is 20.1. The molecule has 9 heteroatoms. The summed E-state index contributed by atoms with van der Waals surface area (Å²) >= 11 is 0. The van der Waals surface area contributed by atoms with E-state index >= 15 is 0 Å². The molecule has 31 heavy (non-hydrogen) atoms. The molecule has 0 bridgehead atoms. The lowest BCUT2D eigenvalue weighted by Gasteiger charge is -2.36. The maximum Gasteiger partial charge on any atom is 0.180 e. The SMILES string of the molecule is CS(=O)(=O)c1ccc(N2CCN(c3noc4ccc(N5CCNCC5)cc34)CC2)cc1. The van der Waals surface area contributed by atoms with Gasteiger partial charge in [-0.25, -0.2) is 8.42 Å². The predicted molar refractivity (Wildman–Crippen MR) is 123 cm³/mol. The molecule has 3 aromatic rings. The van der Waals surface area contributed by atoms with Crippen molar-refractivity contribution in [3.63, 3.8) is 0 Å². The molecule has 2 fully saturated rings. The number of benzene rings is 2. The molecule has 164 valence electrons. The second kappa shape index (κ2) is 8.05. The van der Waals surface area contributed by atoms with Gasteiger partial charge in [0.25, 0.3) is 0 Å². The van der Waals surface area contributed by atoms with Crippen molar-refractivity contribution in [2.45, 2.75) is 4.90 Å². The molecule has 1 N–H and O–H groups in total. The number of fused-ring (bicyclic) bond motifs is 1. The van der Waals surface area contributed by atoms with Crippen LogP contribution >= 0.6 is 0 Å². The van der Waals surface area contributed by atoms with Gasteiger partial charge in [0.1, 0.15) is 0 Å². The Hall–Kier alpha value is -2.78. The van der Waals surface area contributed by atoms with Crippen LogP contribution in [0.3, 0.4) is 0 Å². The van der Waals surface area contributed by atoms with Crippen molar-refractivity contribution in [1.82, 2.24) is 10.5 Å². The summed E-state index contributed by atoms with van der Waals surface area (Å²) in [6.07, 6.45) is 1.23. The second-order valence-electron chi connectivity index (χ2n) is 8.16. The van der Waals surface area contributed by atoms with Gasteiger partial charge in [-0.3, -0.25) is 0 Å². The van der Waals surface area contributed by atoms with Crippen molar-refractivity contribution in [3.05, 3.63) is 42.5 Å². The van der Waals surface area contributed by atoms with Crippen LogP contribution in [0.4, 0.5) is 17.2 Å². The zero-order chi connectivity index (χ0) is 21.4. The molecule has 0 unspecified atom stereocenters. The predicted octanol–water partition coefficient (Wildman–Crippen LogP) is 1.97. The van der Waals surface area contributed by atoms with Gasteiger partial charge in [0.15, 0.2) is 21.2 Å². The van der Waals surface area contributed by atoms with Gasteiger partial charge >= 0.3 is 0 Å². The molecule has 5 rings (SSSR count). The standard InChI is InChI=1S/C22H27N5O3S/c1-31(28,29)19-5-2-17(3-6-19)26-12-14-27(15-13-26)22-20-16-18(4-7-21(20)30-24-22)25-10-8-23-9-11-25/h2-7,16,23H,8-15H2,1H3. The van der Waals surface area contributed by atoms with E-state index in [2.05, 4.69) is 37.3 Å². The molecule has 0 radical (unpaired) electrons. The molecule has 3 heterocycles. The molecule has 0 spiro atoms. The summed E-state index contributed by atoms with van der Waals surface area (Å²) in [6, 6.07) is 13.5. The number of aromatic nitrogens is 1. The molecule has 8 nitrogen and oxygen atoms in total. The summed E-state index contributed by atoms with van der Waals surface area (Å²) in [6.45, 7) is 7.34. The van der Waals surface area contributed by atoms with Crippen LogP contribution in [0.1, 0.15) is 0 Å². The lowest BCUT2D eigenvalue weighted by molar-refractivity contribution is 0.453. The fraction of sp³-hybridized carbons (Fsp3) is 0.409. The first-order valence-corrected chi connectivity index (χ1v) is 12.5. The number of piperazine rings is 2. The number of hydrogen-bond donors (Lipinski definition) is 1. The minimum absolute atomic E-state index is 0.351. The highest BCUT2D eigenvalue weighted by Crippen LogP contribution is 2.31. The highest BCUT2D eigenvalue weighted by molar-refractivity contribution is 7.90. The van der Waals surface area contributed by atoms with E-state index in [0.717, 1.165) is 74.8 Å². The van der Waals surface area contributed by atoms with Crippen molar-refractivity contribution >= 4 is 38.0 Å². The molecule has 0 atom stereocenters. The maximum absolute atomic E-state index is 11.7. The quantitative estimate of drug-likeness (QED) is 0.658. The molecule has 0 saturated carbocycles. The van der Waals surface area contributed by atoms with Gasteiger partial charge in [-0.15, -0.1) is 0 Å². The summed E-state index contributed by atoms with van der Waals surface area (Å²) < 4.78 is 29.0. The molecule has 1 aromatic heterocycles. The first-order chi connectivity index (χ1) is 15.0. The van der Waals surface area contributed by atoms with Crippen LogP contribution in [0.15, 0.2) is 51.9 Å². The Kier molecular flexibility index (Phi) is 5.23. The highest BCUT2D eigenvalue weighted by Gasteiger charge is 2.23. The average Bonchev–Trinajstić information content (AvgIpc) is 3.23. The summed E-state index contributed by atoms with van der Waals surface area (Å²) in [7, 11) is -3.17. The number of nitrogens with zero attached hydrogens (tertiary/aromatic N) is 4. The van der Waals surface area contributed by atoms with Crippen molar-refractivity contribution in [2.24, 2.45) is 0 Å². The third-order valence-electron chi connectivity index (χ3n) is 6.13. The third kappa shape index (κ3) is 4.07. The van der Waals surface area contributed by atoms with Crippen molar-refractivity contribution in [1.29, 1.82) is 0 Å². The molecule has 2 aromatic carbocycles. The Morgan fingerprint density at radius 1 is 0.839 bits per heavy atom. The number of sulfone groups is 1. The lowest BCUT2D eigenvalue weighted by Crippen LogP contribution is -2.46. The van der Waals surface area contributed by atoms with Gasteiger partial charge in [-0.05, 0) is 42.5 Å². The average molecular weight is 442 g/mol. The van der Waals surface area contributed by atoms with Crippen LogP contribution < -0.4 is 20.0 Å². The largest absolute Gasteiger partial charge is 0.369 e. The molecular weight excluding hydrogens is 414 g/mol. The van der Waals surface area contributed by atoms with Crippen LogP contribution in [0.2, 0.25) is 0 Å². The maximum atomic E-state index is 11.7. The fourth-order valence-corrected chi connectivity index (χ4v) is 4.97. The zero-order valence-corrected chi connectivity index (χ0v) is 18.4. The van der Waals surface area contributed by atoms with Crippen molar-refractivity contribution in [3.8, 4) is 0 Å². The molecule has 0 aliphatic carbocycles. The minimum Gasteiger partial charge on any atom is -0.369 e. The van der Waals surface area contributed by atoms with E-state index in [9.17, 15) is 8.42 Å². The van der Waals surface area contributed by atoms with E-state index < -0.39 is 9.84 Å². The van der Waals surface area contributed by atoms with Crippen molar-refractivity contribution in [2.75, 3.05) is 73.3 Å². The Bertz CT molecular complexity index is 1160. The van der Waals surface area contributed by atoms with Crippen LogP contribution in [0.25, 0.3) is 11.0 Å². The van der Waals surface area contributed by atoms with E-state index in [0.29, 0.717) is 4.90 Å². The smallest absolute Gasteiger partial charge is 0.180 e. The summed E-state index contributed by atoms with van der Waals surface area (Å²) in [5.41, 5.74) is 3.06. The van der Waals surface area contributed by atoms with Gasteiger partial charge in [-0.2, -0.15) is 0 Å². The Balaban J connectivity index is 1.31. The Morgan fingerprint density at radius 2 is 1.45 bits per heavy atom.